The number of ether oxygens (including phenoxy) is 1. The molecular formula is C25H20F6N6O3. The molecule has 210 valence electrons. The van der Waals surface area contributed by atoms with Crippen LogP contribution in [-0.2, 0) is 12.7 Å². The number of nitrogens with zero attached hydrogens (tertiary/aromatic N) is 5. The third-order valence-corrected chi connectivity index (χ3v) is 6.67. The molecular weight excluding hydrogens is 546 g/mol. The normalized spacial score (nSPS) is 17.9. The van der Waals surface area contributed by atoms with Crippen LogP contribution in [0.3, 0.4) is 0 Å². The van der Waals surface area contributed by atoms with Crippen LogP contribution in [-0.4, -0.2) is 35.8 Å². The molecule has 1 aromatic carbocycles. The maximum Gasteiger partial charge on any atom is 0.425 e. The molecule has 3 heterocycles. The summed E-state index contributed by atoms with van der Waals surface area (Å²) in [7, 11) is 0. The van der Waals surface area contributed by atoms with Gasteiger partial charge in [-0.3, -0.25) is 14.2 Å². The molecule has 15 heteroatoms. The summed E-state index contributed by atoms with van der Waals surface area (Å²) < 4.78 is 87.4. The molecule has 1 N–H and O–H groups in total. The van der Waals surface area contributed by atoms with Gasteiger partial charge in [0.2, 0.25) is 0 Å². The smallest absolute Gasteiger partial charge is 0.425 e. The van der Waals surface area contributed by atoms with Gasteiger partial charge in [-0.15, -0.1) is 0 Å². The van der Waals surface area contributed by atoms with Gasteiger partial charge in [-0.05, 0) is 43.7 Å². The SMILES string of the molecule is O=c1[nH]ncc(O[C@H]2CCC[C@@H](Cn3cnc4cc(-c5ncc(C(F)F)cn5)c(F)cc4c3=O)C2)c1C(F)(F)F. The maximum atomic E-state index is 14.9. The average molecular weight is 566 g/mol. The number of hydrogen-bond acceptors (Lipinski definition) is 7. The van der Waals surface area contributed by atoms with Crippen LogP contribution in [0.2, 0.25) is 0 Å². The first kappa shape index (κ1) is 27.3. The number of aromatic amines is 1. The molecule has 5 rings (SSSR count). The molecule has 0 saturated heterocycles. The monoisotopic (exact) mass is 566 g/mol. The second-order valence-electron chi connectivity index (χ2n) is 9.40. The Balaban J connectivity index is 1.35. The Morgan fingerprint density at radius 3 is 2.52 bits per heavy atom. The fraction of sp³-hybridized carbons (Fsp3) is 0.360. The summed E-state index contributed by atoms with van der Waals surface area (Å²) in [6.07, 6.45) is -2.49. The van der Waals surface area contributed by atoms with Gasteiger partial charge in [0.15, 0.2) is 17.1 Å². The number of benzene rings is 1. The standard InChI is InChI=1S/C25H20F6N6O3/c26-17-5-16-18(6-15(17)22-32-7-13(8-33-22)21(27)28)34-11-37(24(16)39)10-12-2-1-3-14(4-12)40-19-9-35-36-23(38)20(19)25(29,30)31/h5-9,11-12,14,21H,1-4,10H2,(H,36,38)/t12-,14+/m1/s1. The summed E-state index contributed by atoms with van der Waals surface area (Å²) in [5.41, 5.74) is -3.79. The molecule has 0 spiro atoms. The number of H-pyrrole nitrogens is 1. The van der Waals surface area contributed by atoms with Crippen molar-refractivity contribution in [1.29, 1.82) is 0 Å². The fourth-order valence-corrected chi connectivity index (χ4v) is 4.78. The van der Waals surface area contributed by atoms with E-state index in [4.69, 9.17) is 4.74 Å². The van der Waals surface area contributed by atoms with Gasteiger partial charge in [0, 0.05) is 18.9 Å². The van der Waals surface area contributed by atoms with Crippen LogP contribution in [0.5, 0.6) is 5.75 Å². The van der Waals surface area contributed by atoms with Crippen LogP contribution in [0, 0.1) is 11.7 Å². The van der Waals surface area contributed by atoms with Crippen LogP contribution >= 0.6 is 0 Å². The number of alkyl halides is 5. The minimum Gasteiger partial charge on any atom is -0.488 e. The van der Waals surface area contributed by atoms with E-state index in [1.165, 1.54) is 17.0 Å². The lowest BCUT2D eigenvalue weighted by Crippen LogP contribution is -2.32. The molecule has 0 radical (unpaired) electrons. The number of fused-ring (bicyclic) bond motifs is 1. The van der Waals surface area contributed by atoms with Crippen LogP contribution in [0.15, 0.2) is 46.6 Å². The minimum absolute atomic E-state index is 0.0269. The van der Waals surface area contributed by atoms with Gasteiger partial charge in [0.1, 0.15) is 5.82 Å². The molecule has 1 saturated carbocycles. The molecule has 1 fully saturated rings. The Labute approximate surface area is 220 Å². The van der Waals surface area contributed by atoms with Crippen molar-refractivity contribution in [2.45, 2.75) is 50.9 Å². The van der Waals surface area contributed by atoms with E-state index in [1.807, 2.05) is 0 Å². The second-order valence-corrected chi connectivity index (χ2v) is 9.40. The Morgan fingerprint density at radius 1 is 1.07 bits per heavy atom. The number of rotatable bonds is 6. The molecule has 4 aromatic rings. The van der Waals surface area contributed by atoms with Gasteiger partial charge in [-0.1, -0.05) is 0 Å². The van der Waals surface area contributed by atoms with Crippen molar-refractivity contribution in [3.8, 4) is 17.1 Å². The van der Waals surface area contributed by atoms with Crippen LogP contribution in [0.25, 0.3) is 22.3 Å². The van der Waals surface area contributed by atoms with E-state index in [1.54, 1.807) is 5.10 Å². The van der Waals surface area contributed by atoms with E-state index in [9.17, 15) is 35.9 Å². The van der Waals surface area contributed by atoms with Crippen molar-refractivity contribution in [3.05, 3.63) is 74.7 Å². The van der Waals surface area contributed by atoms with Gasteiger partial charge in [-0.2, -0.15) is 18.3 Å². The van der Waals surface area contributed by atoms with Gasteiger partial charge >= 0.3 is 6.18 Å². The van der Waals surface area contributed by atoms with Gasteiger partial charge in [-0.25, -0.2) is 33.2 Å². The van der Waals surface area contributed by atoms with E-state index in [0.29, 0.717) is 25.7 Å². The van der Waals surface area contributed by atoms with Crippen molar-refractivity contribution in [2.75, 3.05) is 0 Å². The highest BCUT2D eigenvalue weighted by atomic mass is 19.4. The number of hydrogen-bond donors (Lipinski definition) is 1. The molecule has 0 amide bonds. The molecule has 0 aliphatic heterocycles. The lowest BCUT2D eigenvalue weighted by molar-refractivity contribution is -0.140. The lowest BCUT2D eigenvalue weighted by atomic mass is 9.87. The lowest BCUT2D eigenvalue weighted by Gasteiger charge is -2.30. The summed E-state index contributed by atoms with van der Waals surface area (Å²) in [6.45, 7) is 0.156. The third-order valence-electron chi connectivity index (χ3n) is 6.67. The first-order valence-corrected chi connectivity index (χ1v) is 12.1. The highest BCUT2D eigenvalue weighted by Crippen LogP contribution is 2.35. The first-order chi connectivity index (χ1) is 19.0. The molecule has 9 nitrogen and oxygen atoms in total. The highest BCUT2D eigenvalue weighted by molar-refractivity contribution is 5.82. The summed E-state index contributed by atoms with van der Waals surface area (Å²) >= 11 is 0. The first-order valence-electron chi connectivity index (χ1n) is 12.1. The maximum absolute atomic E-state index is 14.9. The molecule has 0 bridgehead atoms. The highest BCUT2D eigenvalue weighted by Gasteiger charge is 2.39. The number of halogens is 6. The predicted molar refractivity (Wildman–Crippen MR) is 128 cm³/mol. The fourth-order valence-electron chi connectivity index (χ4n) is 4.78. The van der Waals surface area contributed by atoms with E-state index in [2.05, 4.69) is 20.1 Å². The van der Waals surface area contributed by atoms with E-state index in [0.717, 1.165) is 24.7 Å². The Morgan fingerprint density at radius 2 is 1.82 bits per heavy atom. The van der Waals surface area contributed by atoms with Crippen molar-refractivity contribution in [1.82, 2.24) is 29.7 Å². The summed E-state index contributed by atoms with van der Waals surface area (Å²) in [6, 6.07) is 2.23. The minimum atomic E-state index is -4.93. The van der Waals surface area contributed by atoms with E-state index >= 15 is 0 Å². The van der Waals surface area contributed by atoms with Crippen molar-refractivity contribution < 1.29 is 31.1 Å². The Hall–Kier alpha value is -4.30. The zero-order valence-electron chi connectivity index (χ0n) is 20.5. The predicted octanol–water partition coefficient (Wildman–Crippen LogP) is 4.67. The van der Waals surface area contributed by atoms with Crippen LogP contribution in [0.4, 0.5) is 26.3 Å². The van der Waals surface area contributed by atoms with E-state index in [-0.39, 0.29) is 34.8 Å². The zero-order chi connectivity index (χ0) is 28.6. The molecule has 2 atom stereocenters. The second kappa shape index (κ2) is 10.7. The largest absolute Gasteiger partial charge is 0.488 e. The average Bonchev–Trinajstić information content (AvgIpc) is 2.90. The quantitative estimate of drug-likeness (QED) is 0.337. The summed E-state index contributed by atoms with van der Waals surface area (Å²) in [5.74, 6) is -1.82. The van der Waals surface area contributed by atoms with E-state index < -0.39 is 52.5 Å². The summed E-state index contributed by atoms with van der Waals surface area (Å²) in [5, 5.41) is 5.14. The third kappa shape index (κ3) is 5.53. The number of aromatic nitrogens is 6. The van der Waals surface area contributed by atoms with Crippen molar-refractivity contribution in [2.24, 2.45) is 5.92 Å². The van der Waals surface area contributed by atoms with Gasteiger partial charge in [0.05, 0.1) is 40.7 Å². The van der Waals surface area contributed by atoms with Gasteiger partial charge in [0.25, 0.3) is 17.5 Å². The van der Waals surface area contributed by atoms with Crippen molar-refractivity contribution >= 4 is 10.9 Å². The van der Waals surface area contributed by atoms with Crippen LogP contribution < -0.4 is 15.9 Å². The zero-order valence-corrected chi connectivity index (χ0v) is 20.5. The molecule has 3 aromatic heterocycles. The topological polar surface area (TPSA) is 116 Å². The molecule has 1 aliphatic rings. The molecule has 0 unspecified atom stereocenters. The Bertz CT molecular complexity index is 1650. The Kier molecular flexibility index (Phi) is 7.29. The van der Waals surface area contributed by atoms with Crippen molar-refractivity contribution in [3.63, 3.8) is 0 Å². The number of nitrogens with one attached hydrogen (secondary N) is 1. The summed E-state index contributed by atoms with van der Waals surface area (Å²) in [4.78, 5) is 36.6. The van der Waals surface area contributed by atoms with Gasteiger partial charge < -0.3 is 4.74 Å². The van der Waals surface area contributed by atoms with Crippen LogP contribution in [0.1, 0.15) is 43.2 Å². The molecule has 1 aliphatic carbocycles. The molecule has 40 heavy (non-hydrogen) atoms.